The van der Waals surface area contributed by atoms with Gasteiger partial charge >= 0.3 is 0 Å². The van der Waals surface area contributed by atoms with E-state index in [2.05, 4.69) is 25.2 Å². The van der Waals surface area contributed by atoms with Gasteiger partial charge in [-0.3, -0.25) is 0 Å². The number of benzene rings is 1. The van der Waals surface area contributed by atoms with Crippen molar-refractivity contribution in [1.82, 2.24) is 5.32 Å². The zero-order valence-electron chi connectivity index (χ0n) is 11.0. The molecule has 3 rings (SSSR count). The Morgan fingerprint density at radius 2 is 2.05 bits per heavy atom. The molecule has 0 saturated carbocycles. The average molecular weight is 282 g/mol. The van der Waals surface area contributed by atoms with E-state index in [-0.39, 0.29) is 23.6 Å². The number of rotatable bonds is 1. The summed E-state index contributed by atoms with van der Waals surface area (Å²) in [7, 11) is 0. The number of hydrogen-bond acceptors (Lipinski definition) is 2. The maximum atomic E-state index is 13.7. The number of hydrogen-bond donors (Lipinski definition) is 1. The summed E-state index contributed by atoms with van der Waals surface area (Å²) >= 11 is 0. The Labute approximate surface area is 118 Å². The van der Waals surface area contributed by atoms with Gasteiger partial charge < -0.3 is 9.73 Å². The zero-order chi connectivity index (χ0) is 12.8. The van der Waals surface area contributed by atoms with Gasteiger partial charge in [0, 0.05) is 24.1 Å². The molecular weight excluding hydrogens is 265 g/mol. The quantitative estimate of drug-likeness (QED) is 0.854. The second kappa shape index (κ2) is 4.99. The van der Waals surface area contributed by atoms with Crippen LogP contribution < -0.4 is 5.32 Å². The summed E-state index contributed by atoms with van der Waals surface area (Å²) in [4.78, 5) is 0. The van der Waals surface area contributed by atoms with Crippen molar-refractivity contribution in [2.24, 2.45) is 5.41 Å². The third-order valence-electron chi connectivity index (χ3n) is 3.60. The highest BCUT2D eigenvalue weighted by atomic mass is 35.5. The van der Waals surface area contributed by atoms with Crippen molar-refractivity contribution in [3.63, 3.8) is 0 Å². The van der Waals surface area contributed by atoms with Gasteiger partial charge in [0.2, 0.25) is 0 Å². The minimum Gasteiger partial charge on any atom is -0.464 e. The Balaban J connectivity index is 0.00000133. The molecule has 19 heavy (non-hydrogen) atoms. The monoisotopic (exact) mass is 281 g/mol. The first-order chi connectivity index (χ1) is 8.59. The lowest BCUT2D eigenvalue weighted by molar-refractivity contribution is 0.445. The molecule has 2 aromatic rings. The number of nitrogens with one attached hydrogen (secondary N) is 1. The van der Waals surface area contributed by atoms with Crippen LogP contribution in [-0.4, -0.2) is 13.1 Å². The third-order valence-corrected chi connectivity index (χ3v) is 3.60. The van der Waals surface area contributed by atoms with E-state index in [1.54, 1.807) is 12.3 Å². The zero-order valence-corrected chi connectivity index (χ0v) is 11.8. The van der Waals surface area contributed by atoms with E-state index in [0.717, 1.165) is 18.7 Å². The number of fused-ring (bicyclic) bond motifs is 1. The molecule has 0 fully saturated rings. The van der Waals surface area contributed by atoms with Crippen molar-refractivity contribution in [2.75, 3.05) is 13.1 Å². The van der Waals surface area contributed by atoms with Crippen LogP contribution in [0, 0.1) is 11.2 Å². The molecule has 1 aliphatic heterocycles. The summed E-state index contributed by atoms with van der Waals surface area (Å²) in [6, 6.07) is 5.02. The molecule has 1 aromatic carbocycles. The maximum Gasteiger partial charge on any atom is 0.144 e. The molecule has 2 heterocycles. The van der Waals surface area contributed by atoms with Crippen LogP contribution in [0.3, 0.4) is 0 Å². The van der Waals surface area contributed by atoms with Crippen LogP contribution in [0.2, 0.25) is 0 Å². The van der Waals surface area contributed by atoms with Crippen molar-refractivity contribution >= 4 is 28.9 Å². The predicted octanol–water partition coefficient (Wildman–Crippen LogP) is 4.01. The van der Waals surface area contributed by atoms with Crippen LogP contribution in [-0.2, 0) is 0 Å². The standard InChI is InChI=1S/C15H16FNO.ClH/c1-15(2)9-17-7-5-12(15)10-3-4-13(16)11-6-8-18-14(10)11;/h3-6,8,17H,7,9H2,1-2H3;1H. The largest absolute Gasteiger partial charge is 0.464 e. The normalized spacial score (nSPS) is 17.9. The highest BCUT2D eigenvalue weighted by Crippen LogP contribution is 2.39. The van der Waals surface area contributed by atoms with Crippen molar-refractivity contribution < 1.29 is 8.81 Å². The van der Waals surface area contributed by atoms with E-state index in [9.17, 15) is 4.39 Å². The van der Waals surface area contributed by atoms with Crippen LogP contribution in [0.15, 0.2) is 35.0 Å². The van der Waals surface area contributed by atoms with Crippen LogP contribution in [0.5, 0.6) is 0 Å². The van der Waals surface area contributed by atoms with Crippen LogP contribution in [0.25, 0.3) is 16.5 Å². The van der Waals surface area contributed by atoms with Crippen LogP contribution in [0.1, 0.15) is 19.4 Å². The molecule has 0 radical (unpaired) electrons. The van der Waals surface area contributed by atoms with E-state index < -0.39 is 0 Å². The highest BCUT2D eigenvalue weighted by Gasteiger charge is 2.28. The first kappa shape index (κ1) is 14.1. The van der Waals surface area contributed by atoms with Gasteiger partial charge in [0.15, 0.2) is 0 Å². The molecule has 2 nitrogen and oxygen atoms in total. The first-order valence-electron chi connectivity index (χ1n) is 6.17. The van der Waals surface area contributed by atoms with Crippen molar-refractivity contribution in [1.29, 1.82) is 0 Å². The molecule has 1 N–H and O–H groups in total. The molecular formula is C15H17ClFNO. The lowest BCUT2D eigenvalue weighted by atomic mass is 9.78. The summed E-state index contributed by atoms with van der Waals surface area (Å²) in [5, 5.41) is 3.91. The van der Waals surface area contributed by atoms with Gasteiger partial charge in [-0.2, -0.15) is 0 Å². The Hall–Kier alpha value is -1.32. The third kappa shape index (κ3) is 2.28. The molecule has 0 atom stereocenters. The van der Waals surface area contributed by atoms with E-state index in [0.29, 0.717) is 11.0 Å². The Morgan fingerprint density at radius 1 is 1.26 bits per heavy atom. The van der Waals surface area contributed by atoms with Crippen LogP contribution >= 0.6 is 12.4 Å². The molecule has 0 bridgehead atoms. The molecule has 4 heteroatoms. The fraction of sp³-hybridized carbons (Fsp3) is 0.333. The van der Waals surface area contributed by atoms with E-state index >= 15 is 0 Å². The summed E-state index contributed by atoms with van der Waals surface area (Å²) in [6.07, 6.45) is 3.71. The Kier molecular flexibility index (Phi) is 3.70. The first-order valence-corrected chi connectivity index (χ1v) is 6.17. The highest BCUT2D eigenvalue weighted by molar-refractivity contribution is 5.91. The van der Waals surface area contributed by atoms with E-state index in [1.807, 2.05) is 6.07 Å². The topological polar surface area (TPSA) is 25.2 Å². The molecule has 0 amide bonds. The van der Waals surface area contributed by atoms with Crippen molar-refractivity contribution in [3.8, 4) is 0 Å². The fourth-order valence-corrected chi connectivity index (χ4v) is 2.64. The average Bonchev–Trinajstić information content (AvgIpc) is 2.80. The fourth-order valence-electron chi connectivity index (χ4n) is 2.64. The lowest BCUT2D eigenvalue weighted by Gasteiger charge is -2.32. The molecule has 0 aliphatic carbocycles. The summed E-state index contributed by atoms with van der Waals surface area (Å²) < 4.78 is 19.1. The second-order valence-electron chi connectivity index (χ2n) is 5.39. The molecule has 102 valence electrons. The van der Waals surface area contributed by atoms with E-state index in [4.69, 9.17) is 4.42 Å². The smallest absolute Gasteiger partial charge is 0.144 e. The second-order valence-corrected chi connectivity index (χ2v) is 5.39. The summed E-state index contributed by atoms with van der Waals surface area (Å²) in [6.45, 7) is 6.13. The van der Waals surface area contributed by atoms with Gasteiger partial charge in [0.05, 0.1) is 11.6 Å². The molecule has 0 unspecified atom stereocenters. The Morgan fingerprint density at radius 3 is 2.79 bits per heavy atom. The van der Waals surface area contributed by atoms with Gasteiger partial charge in [-0.05, 0) is 23.8 Å². The minimum atomic E-state index is -0.227. The molecule has 0 saturated heterocycles. The SMILES string of the molecule is CC1(C)CNCC=C1c1ccc(F)c2ccoc12.Cl. The molecule has 0 spiro atoms. The molecule has 1 aliphatic rings. The van der Waals surface area contributed by atoms with Gasteiger partial charge in [0.1, 0.15) is 11.4 Å². The van der Waals surface area contributed by atoms with Gasteiger partial charge in [-0.15, -0.1) is 12.4 Å². The molecule has 1 aromatic heterocycles. The van der Waals surface area contributed by atoms with E-state index in [1.165, 1.54) is 11.6 Å². The minimum absolute atomic E-state index is 0. The Bertz CT molecular complexity index is 630. The van der Waals surface area contributed by atoms with Crippen LogP contribution in [0.4, 0.5) is 4.39 Å². The summed E-state index contributed by atoms with van der Waals surface area (Å²) in [5.74, 6) is -0.227. The summed E-state index contributed by atoms with van der Waals surface area (Å²) in [5.41, 5.74) is 2.90. The van der Waals surface area contributed by atoms with Gasteiger partial charge in [0.25, 0.3) is 0 Å². The number of furan rings is 1. The van der Waals surface area contributed by atoms with Gasteiger partial charge in [-0.25, -0.2) is 4.39 Å². The maximum absolute atomic E-state index is 13.7. The van der Waals surface area contributed by atoms with Crippen molar-refractivity contribution in [3.05, 3.63) is 41.9 Å². The lowest BCUT2D eigenvalue weighted by Crippen LogP contribution is -2.35. The predicted molar refractivity (Wildman–Crippen MR) is 78.0 cm³/mol. The van der Waals surface area contributed by atoms with Gasteiger partial charge in [-0.1, -0.05) is 19.9 Å². The number of halogens is 2. The van der Waals surface area contributed by atoms with Crippen molar-refractivity contribution in [2.45, 2.75) is 13.8 Å².